The lowest BCUT2D eigenvalue weighted by Gasteiger charge is -2.34. The third-order valence-corrected chi connectivity index (χ3v) is 5.51. The lowest BCUT2D eigenvalue weighted by molar-refractivity contribution is 0.198. The summed E-state index contributed by atoms with van der Waals surface area (Å²) in [5, 5.41) is 0. The third-order valence-electron chi connectivity index (χ3n) is 5.51. The van der Waals surface area contributed by atoms with E-state index in [1.54, 1.807) is 0 Å². The van der Waals surface area contributed by atoms with E-state index in [4.69, 9.17) is 5.73 Å². The monoisotopic (exact) mass is 281 g/mol. The molecule has 1 unspecified atom stereocenters. The standard InChI is InChI=1S/C19H39N/c1-4-5-6-7-8-9-10-11-19(20)18-14-12-17(13-15-18)16(2)3/h16-19H,4-15,20H2,1-3H3. The van der Waals surface area contributed by atoms with Crippen LogP contribution in [0.5, 0.6) is 0 Å². The van der Waals surface area contributed by atoms with Gasteiger partial charge in [0.25, 0.3) is 0 Å². The Bertz CT molecular complexity index is 216. The molecule has 20 heavy (non-hydrogen) atoms. The molecule has 0 aromatic heterocycles. The van der Waals surface area contributed by atoms with Crippen molar-refractivity contribution in [3.05, 3.63) is 0 Å². The molecule has 1 heteroatoms. The predicted octanol–water partition coefficient (Wildman–Crippen LogP) is 5.92. The summed E-state index contributed by atoms with van der Waals surface area (Å²) in [6.07, 6.45) is 16.7. The average molecular weight is 282 g/mol. The normalized spacial score (nSPS) is 25.1. The summed E-state index contributed by atoms with van der Waals surface area (Å²) in [6, 6.07) is 0.485. The second-order valence-electron chi connectivity index (χ2n) is 7.49. The first kappa shape index (κ1) is 18.0. The van der Waals surface area contributed by atoms with Crippen LogP contribution in [0.15, 0.2) is 0 Å². The molecule has 2 N–H and O–H groups in total. The van der Waals surface area contributed by atoms with E-state index < -0.39 is 0 Å². The molecule has 1 atom stereocenters. The zero-order chi connectivity index (χ0) is 14.8. The van der Waals surface area contributed by atoms with Crippen molar-refractivity contribution < 1.29 is 0 Å². The van der Waals surface area contributed by atoms with Crippen molar-refractivity contribution in [3.63, 3.8) is 0 Å². The van der Waals surface area contributed by atoms with Crippen molar-refractivity contribution in [1.29, 1.82) is 0 Å². The highest BCUT2D eigenvalue weighted by molar-refractivity contribution is 4.80. The van der Waals surface area contributed by atoms with Crippen LogP contribution in [0.3, 0.4) is 0 Å². The Balaban J connectivity index is 2.01. The zero-order valence-electron chi connectivity index (χ0n) is 14.4. The van der Waals surface area contributed by atoms with E-state index in [-0.39, 0.29) is 0 Å². The predicted molar refractivity (Wildman–Crippen MR) is 90.9 cm³/mol. The first-order chi connectivity index (χ1) is 9.65. The maximum absolute atomic E-state index is 6.43. The maximum atomic E-state index is 6.43. The molecule has 0 aromatic rings. The van der Waals surface area contributed by atoms with Crippen molar-refractivity contribution in [2.75, 3.05) is 0 Å². The first-order valence-corrected chi connectivity index (χ1v) is 9.40. The Morgan fingerprint density at radius 3 is 1.85 bits per heavy atom. The molecule has 120 valence electrons. The van der Waals surface area contributed by atoms with Crippen LogP contribution in [0.1, 0.15) is 97.8 Å². The molecule has 0 aliphatic heterocycles. The summed E-state index contributed by atoms with van der Waals surface area (Å²) in [6.45, 7) is 7.04. The van der Waals surface area contributed by atoms with Crippen molar-refractivity contribution in [2.45, 2.75) is 104 Å². The largest absolute Gasteiger partial charge is 0.327 e. The van der Waals surface area contributed by atoms with Gasteiger partial charge in [-0.1, -0.05) is 65.7 Å². The number of rotatable bonds is 10. The van der Waals surface area contributed by atoms with Gasteiger partial charge in [0.15, 0.2) is 0 Å². The minimum atomic E-state index is 0.485. The maximum Gasteiger partial charge on any atom is 0.00671 e. The highest BCUT2D eigenvalue weighted by Crippen LogP contribution is 2.35. The van der Waals surface area contributed by atoms with Gasteiger partial charge in [0.05, 0.1) is 0 Å². The van der Waals surface area contributed by atoms with Gasteiger partial charge < -0.3 is 5.73 Å². The minimum Gasteiger partial charge on any atom is -0.327 e. The highest BCUT2D eigenvalue weighted by atomic mass is 14.6. The fourth-order valence-electron chi connectivity index (χ4n) is 3.81. The Morgan fingerprint density at radius 2 is 1.30 bits per heavy atom. The van der Waals surface area contributed by atoms with Gasteiger partial charge in [-0.15, -0.1) is 0 Å². The van der Waals surface area contributed by atoms with Crippen molar-refractivity contribution in [1.82, 2.24) is 0 Å². The number of hydrogen-bond acceptors (Lipinski definition) is 1. The molecule has 1 nitrogen and oxygen atoms in total. The number of nitrogens with two attached hydrogens (primary N) is 1. The van der Waals surface area contributed by atoms with E-state index in [0.29, 0.717) is 6.04 Å². The van der Waals surface area contributed by atoms with Gasteiger partial charge in [0, 0.05) is 6.04 Å². The molecule has 0 heterocycles. The molecule has 0 aromatic carbocycles. The quantitative estimate of drug-likeness (QED) is 0.494. The van der Waals surface area contributed by atoms with Crippen LogP contribution < -0.4 is 5.73 Å². The molecular weight excluding hydrogens is 242 g/mol. The van der Waals surface area contributed by atoms with E-state index in [1.165, 1.54) is 77.0 Å². The van der Waals surface area contributed by atoms with Gasteiger partial charge in [-0.25, -0.2) is 0 Å². The molecule has 1 aliphatic rings. The van der Waals surface area contributed by atoms with E-state index in [9.17, 15) is 0 Å². The lowest BCUT2D eigenvalue weighted by Crippen LogP contribution is -2.33. The van der Waals surface area contributed by atoms with Crippen molar-refractivity contribution in [2.24, 2.45) is 23.5 Å². The Kier molecular flexibility index (Phi) is 9.59. The molecule has 0 spiro atoms. The second-order valence-corrected chi connectivity index (χ2v) is 7.49. The summed E-state index contributed by atoms with van der Waals surface area (Å²) in [4.78, 5) is 0. The van der Waals surface area contributed by atoms with Crippen LogP contribution >= 0.6 is 0 Å². The number of unbranched alkanes of at least 4 members (excludes halogenated alkanes) is 6. The van der Waals surface area contributed by atoms with Gasteiger partial charge in [0.2, 0.25) is 0 Å². The van der Waals surface area contributed by atoms with E-state index in [0.717, 1.165) is 17.8 Å². The van der Waals surface area contributed by atoms with Crippen LogP contribution in [0.25, 0.3) is 0 Å². The molecular formula is C19H39N. The molecule has 1 rings (SSSR count). The van der Waals surface area contributed by atoms with Crippen LogP contribution in [0.2, 0.25) is 0 Å². The second kappa shape index (κ2) is 10.7. The third kappa shape index (κ3) is 7.11. The molecule has 0 saturated heterocycles. The summed E-state index contributed by atoms with van der Waals surface area (Å²) < 4.78 is 0. The van der Waals surface area contributed by atoms with Crippen molar-refractivity contribution >= 4 is 0 Å². The Morgan fingerprint density at radius 1 is 0.800 bits per heavy atom. The van der Waals surface area contributed by atoms with Crippen molar-refractivity contribution in [3.8, 4) is 0 Å². The van der Waals surface area contributed by atoms with Gasteiger partial charge in [0.1, 0.15) is 0 Å². The summed E-state index contributed by atoms with van der Waals surface area (Å²) in [7, 11) is 0. The van der Waals surface area contributed by atoms with Gasteiger partial charge in [-0.3, -0.25) is 0 Å². The molecule has 0 radical (unpaired) electrons. The molecule has 1 aliphatic carbocycles. The van der Waals surface area contributed by atoms with Crippen LogP contribution in [0, 0.1) is 17.8 Å². The first-order valence-electron chi connectivity index (χ1n) is 9.40. The van der Waals surface area contributed by atoms with E-state index >= 15 is 0 Å². The molecule has 1 saturated carbocycles. The fourth-order valence-corrected chi connectivity index (χ4v) is 3.81. The zero-order valence-corrected chi connectivity index (χ0v) is 14.4. The SMILES string of the molecule is CCCCCCCCCC(N)C1CCC(C(C)C)CC1. The van der Waals surface area contributed by atoms with Crippen LogP contribution in [-0.2, 0) is 0 Å². The fraction of sp³-hybridized carbons (Fsp3) is 1.00. The number of hydrogen-bond donors (Lipinski definition) is 1. The smallest absolute Gasteiger partial charge is 0.00671 e. The molecule has 0 bridgehead atoms. The van der Waals surface area contributed by atoms with Gasteiger partial charge in [-0.2, -0.15) is 0 Å². The van der Waals surface area contributed by atoms with Gasteiger partial charge in [-0.05, 0) is 49.9 Å². The minimum absolute atomic E-state index is 0.485. The average Bonchev–Trinajstić information content (AvgIpc) is 2.46. The summed E-state index contributed by atoms with van der Waals surface area (Å²) in [5.74, 6) is 2.66. The topological polar surface area (TPSA) is 26.0 Å². The summed E-state index contributed by atoms with van der Waals surface area (Å²) in [5.41, 5.74) is 6.43. The Hall–Kier alpha value is -0.0400. The lowest BCUT2D eigenvalue weighted by atomic mass is 9.74. The highest BCUT2D eigenvalue weighted by Gasteiger charge is 2.26. The Labute approximate surface area is 128 Å². The van der Waals surface area contributed by atoms with E-state index in [2.05, 4.69) is 20.8 Å². The van der Waals surface area contributed by atoms with E-state index in [1.807, 2.05) is 0 Å². The summed E-state index contributed by atoms with van der Waals surface area (Å²) >= 11 is 0. The molecule has 0 amide bonds. The van der Waals surface area contributed by atoms with Crippen LogP contribution in [0.4, 0.5) is 0 Å². The van der Waals surface area contributed by atoms with Crippen LogP contribution in [-0.4, -0.2) is 6.04 Å². The molecule has 1 fully saturated rings. The van der Waals surface area contributed by atoms with Gasteiger partial charge >= 0.3 is 0 Å².